The lowest BCUT2D eigenvalue weighted by molar-refractivity contribution is -0.112. The molecule has 9 atom stereocenters. The van der Waals surface area contributed by atoms with Gasteiger partial charge in [0.15, 0.2) is 0 Å². The maximum atomic E-state index is 10.6. The zero-order valence-electron chi connectivity index (χ0n) is 14.0. The molecular formula is C19H29BrO3. The van der Waals surface area contributed by atoms with Gasteiger partial charge in [-0.15, -0.1) is 0 Å². The van der Waals surface area contributed by atoms with E-state index in [1.165, 1.54) is 12.8 Å². The Hall–Kier alpha value is 0.360. The van der Waals surface area contributed by atoms with E-state index < -0.39 is 0 Å². The Morgan fingerprint density at radius 1 is 1.04 bits per heavy atom. The number of aliphatic hydroxyl groups is 2. The largest absolute Gasteiger partial charge is 0.393 e. The molecule has 5 aliphatic rings. The van der Waals surface area contributed by atoms with Gasteiger partial charge in [0, 0.05) is 5.41 Å². The lowest BCUT2D eigenvalue weighted by Gasteiger charge is -2.62. The number of alkyl halides is 1. The molecule has 23 heavy (non-hydrogen) atoms. The molecule has 1 aliphatic heterocycles. The standard InChI is InChI=1S/C19H29BrO3/c1-17-6-5-14-12(13(17)2-3-15(17)22)8-16-19(20)9-11(21)4-7-18(14,19)10-23-16/h11-16,21-22H,2-10H2,1H3/t11-,12+,13+,14-,15-,16+,17-,18-,19+/m1/s1. The third-order valence-electron chi connectivity index (χ3n) is 8.92. The fourth-order valence-corrected chi connectivity index (χ4v) is 8.98. The molecule has 0 aromatic carbocycles. The molecule has 4 aliphatic carbocycles. The van der Waals surface area contributed by atoms with Crippen molar-refractivity contribution in [2.75, 3.05) is 6.61 Å². The zero-order chi connectivity index (χ0) is 16.0. The van der Waals surface area contributed by atoms with Gasteiger partial charge in [-0.3, -0.25) is 0 Å². The van der Waals surface area contributed by atoms with Crippen molar-refractivity contribution in [3.63, 3.8) is 0 Å². The Kier molecular flexibility index (Phi) is 3.22. The van der Waals surface area contributed by atoms with Gasteiger partial charge in [-0.1, -0.05) is 22.9 Å². The predicted octanol–water partition coefficient (Wildman–Crippen LogP) is 3.26. The SMILES string of the molecule is C[C@@]12CC[C@@H]3[C@@H](C[C@@H]4OC[C@]35CC[C@@H](O)C[C@]45Br)[C@@H]1CC[C@H]2O. The summed E-state index contributed by atoms with van der Waals surface area (Å²) in [6.07, 6.45) is 8.55. The highest BCUT2D eigenvalue weighted by atomic mass is 79.9. The Labute approximate surface area is 147 Å². The summed E-state index contributed by atoms with van der Waals surface area (Å²) in [7, 11) is 0. The van der Waals surface area contributed by atoms with Crippen molar-refractivity contribution in [2.45, 2.75) is 80.9 Å². The molecule has 1 heterocycles. The first-order chi connectivity index (χ1) is 10.9. The highest BCUT2D eigenvalue weighted by Crippen LogP contribution is 2.72. The summed E-state index contributed by atoms with van der Waals surface area (Å²) in [5.74, 6) is 2.08. The van der Waals surface area contributed by atoms with Gasteiger partial charge in [0.1, 0.15) is 0 Å². The van der Waals surface area contributed by atoms with Crippen LogP contribution in [0.2, 0.25) is 0 Å². The summed E-state index contributed by atoms with van der Waals surface area (Å²) in [6.45, 7) is 3.22. The molecular weight excluding hydrogens is 356 g/mol. The fourth-order valence-electron chi connectivity index (χ4n) is 7.68. The van der Waals surface area contributed by atoms with Crippen LogP contribution in [-0.2, 0) is 4.74 Å². The topological polar surface area (TPSA) is 49.7 Å². The van der Waals surface area contributed by atoms with Gasteiger partial charge in [0.05, 0.1) is 29.2 Å². The summed E-state index contributed by atoms with van der Waals surface area (Å²) in [6, 6.07) is 0. The van der Waals surface area contributed by atoms with E-state index in [9.17, 15) is 10.2 Å². The molecule has 0 unspecified atom stereocenters. The number of halogens is 1. The molecule has 3 nitrogen and oxygen atoms in total. The van der Waals surface area contributed by atoms with Crippen LogP contribution in [0.25, 0.3) is 0 Å². The first-order valence-corrected chi connectivity index (χ1v) is 10.4. The molecule has 130 valence electrons. The van der Waals surface area contributed by atoms with E-state index >= 15 is 0 Å². The lowest BCUT2D eigenvalue weighted by atomic mass is 9.45. The van der Waals surface area contributed by atoms with Gasteiger partial charge in [-0.25, -0.2) is 0 Å². The minimum Gasteiger partial charge on any atom is -0.393 e. The summed E-state index contributed by atoms with van der Waals surface area (Å²) < 4.78 is 6.34. The van der Waals surface area contributed by atoms with Crippen LogP contribution >= 0.6 is 15.9 Å². The summed E-state index contributed by atoms with van der Waals surface area (Å²) in [5, 5.41) is 20.8. The van der Waals surface area contributed by atoms with Crippen LogP contribution in [0, 0.1) is 28.6 Å². The Morgan fingerprint density at radius 3 is 2.70 bits per heavy atom. The monoisotopic (exact) mass is 384 g/mol. The van der Waals surface area contributed by atoms with Crippen LogP contribution in [0.1, 0.15) is 58.3 Å². The molecule has 0 aromatic rings. The van der Waals surface area contributed by atoms with Crippen molar-refractivity contribution < 1.29 is 14.9 Å². The number of rotatable bonds is 0. The summed E-state index contributed by atoms with van der Waals surface area (Å²) in [5.41, 5.74) is 0.354. The summed E-state index contributed by atoms with van der Waals surface area (Å²) >= 11 is 4.12. The van der Waals surface area contributed by atoms with Crippen molar-refractivity contribution in [3.05, 3.63) is 0 Å². The third kappa shape index (κ3) is 1.72. The molecule has 0 spiro atoms. The molecule has 0 radical (unpaired) electrons. The number of aliphatic hydroxyl groups excluding tert-OH is 2. The van der Waals surface area contributed by atoms with Crippen molar-refractivity contribution >= 4 is 15.9 Å². The Morgan fingerprint density at radius 2 is 1.87 bits per heavy atom. The molecule has 2 bridgehead atoms. The van der Waals surface area contributed by atoms with Crippen LogP contribution < -0.4 is 0 Å². The van der Waals surface area contributed by atoms with E-state index in [4.69, 9.17) is 4.74 Å². The average molecular weight is 385 g/mol. The minimum atomic E-state index is -0.176. The highest BCUT2D eigenvalue weighted by molar-refractivity contribution is 9.10. The van der Waals surface area contributed by atoms with Gasteiger partial charge in [0.2, 0.25) is 0 Å². The smallest absolute Gasteiger partial charge is 0.0738 e. The molecule has 5 fully saturated rings. The minimum absolute atomic E-state index is 0.0101. The van der Waals surface area contributed by atoms with Crippen molar-refractivity contribution in [3.8, 4) is 0 Å². The molecule has 4 heteroatoms. The van der Waals surface area contributed by atoms with E-state index in [0.717, 1.165) is 45.1 Å². The van der Waals surface area contributed by atoms with Crippen LogP contribution in [0.3, 0.4) is 0 Å². The van der Waals surface area contributed by atoms with Crippen LogP contribution in [0.5, 0.6) is 0 Å². The van der Waals surface area contributed by atoms with Gasteiger partial charge in [0.25, 0.3) is 0 Å². The Balaban J connectivity index is 1.55. The maximum absolute atomic E-state index is 10.6. The third-order valence-corrected chi connectivity index (χ3v) is 10.5. The lowest BCUT2D eigenvalue weighted by Crippen LogP contribution is -2.63. The van der Waals surface area contributed by atoms with Crippen LogP contribution in [0.15, 0.2) is 0 Å². The predicted molar refractivity (Wildman–Crippen MR) is 91.4 cm³/mol. The molecule has 0 amide bonds. The summed E-state index contributed by atoms with van der Waals surface area (Å²) in [4.78, 5) is 0. The van der Waals surface area contributed by atoms with Crippen molar-refractivity contribution in [2.24, 2.45) is 28.6 Å². The second kappa shape index (κ2) is 4.75. The number of ether oxygens (including phenoxy) is 1. The van der Waals surface area contributed by atoms with Gasteiger partial charge in [-0.2, -0.15) is 0 Å². The van der Waals surface area contributed by atoms with Crippen molar-refractivity contribution in [1.29, 1.82) is 0 Å². The van der Waals surface area contributed by atoms with Gasteiger partial charge in [-0.05, 0) is 74.5 Å². The number of hydrogen-bond acceptors (Lipinski definition) is 3. The molecule has 5 rings (SSSR count). The molecule has 1 saturated heterocycles. The van der Waals surface area contributed by atoms with E-state index in [1.54, 1.807) is 0 Å². The fraction of sp³-hybridized carbons (Fsp3) is 1.00. The van der Waals surface area contributed by atoms with Crippen LogP contribution in [-0.4, -0.2) is 39.5 Å². The highest BCUT2D eigenvalue weighted by Gasteiger charge is 2.72. The molecule has 2 N–H and O–H groups in total. The molecule has 0 aromatic heterocycles. The maximum Gasteiger partial charge on any atom is 0.0738 e. The normalized spacial score (nSPS) is 64.2. The van der Waals surface area contributed by atoms with E-state index in [1.807, 2.05) is 0 Å². The van der Waals surface area contributed by atoms with E-state index in [-0.39, 0.29) is 33.5 Å². The Bertz CT molecular complexity index is 527. The first kappa shape index (κ1) is 15.6. The average Bonchev–Trinajstić information content (AvgIpc) is 2.88. The second-order valence-electron chi connectivity index (χ2n) is 9.47. The second-order valence-corrected chi connectivity index (χ2v) is 10.9. The number of fused-ring (bicyclic) bond motifs is 3. The molecule has 4 saturated carbocycles. The number of hydrogen-bond donors (Lipinski definition) is 2. The van der Waals surface area contributed by atoms with Crippen LogP contribution in [0.4, 0.5) is 0 Å². The van der Waals surface area contributed by atoms with Gasteiger partial charge >= 0.3 is 0 Å². The zero-order valence-corrected chi connectivity index (χ0v) is 15.6. The van der Waals surface area contributed by atoms with E-state index in [2.05, 4.69) is 22.9 Å². The van der Waals surface area contributed by atoms with E-state index in [0.29, 0.717) is 17.8 Å². The van der Waals surface area contributed by atoms with Crippen molar-refractivity contribution in [1.82, 2.24) is 0 Å². The first-order valence-electron chi connectivity index (χ1n) is 9.57. The van der Waals surface area contributed by atoms with Gasteiger partial charge < -0.3 is 14.9 Å². The quantitative estimate of drug-likeness (QED) is 0.630.